The Bertz CT molecular complexity index is 817. The minimum atomic E-state index is -0.371. The SMILES string of the molecule is CC(C)(C)NC(=O)c1cccc(NC(=O)COc2ccc(Cl)cc2Cl)c1. The molecule has 7 heteroatoms. The first-order chi connectivity index (χ1) is 12.1. The third kappa shape index (κ3) is 6.24. The zero-order valence-corrected chi connectivity index (χ0v) is 16.2. The molecule has 0 unspecified atom stereocenters. The molecular formula is C19H20Cl2N2O3. The topological polar surface area (TPSA) is 67.4 Å². The Hall–Kier alpha value is -2.24. The Morgan fingerprint density at radius 1 is 1.08 bits per heavy atom. The average molecular weight is 395 g/mol. The largest absolute Gasteiger partial charge is 0.482 e. The summed E-state index contributed by atoms with van der Waals surface area (Å²) in [6, 6.07) is 11.4. The molecule has 2 aromatic rings. The lowest BCUT2D eigenvalue weighted by molar-refractivity contribution is -0.118. The smallest absolute Gasteiger partial charge is 0.262 e. The van der Waals surface area contributed by atoms with Crippen LogP contribution in [0.15, 0.2) is 42.5 Å². The predicted molar refractivity (Wildman–Crippen MR) is 104 cm³/mol. The second-order valence-electron chi connectivity index (χ2n) is 6.70. The van der Waals surface area contributed by atoms with Crippen LogP contribution in [0.1, 0.15) is 31.1 Å². The number of halogens is 2. The maximum absolute atomic E-state index is 12.2. The zero-order chi connectivity index (χ0) is 19.3. The number of ether oxygens (including phenoxy) is 1. The molecule has 0 heterocycles. The van der Waals surface area contributed by atoms with E-state index in [1.54, 1.807) is 36.4 Å². The number of rotatable bonds is 5. The van der Waals surface area contributed by atoms with Crippen molar-refractivity contribution < 1.29 is 14.3 Å². The molecule has 2 rings (SSSR count). The lowest BCUT2D eigenvalue weighted by Crippen LogP contribution is -2.40. The molecule has 138 valence electrons. The third-order valence-corrected chi connectivity index (χ3v) is 3.68. The summed E-state index contributed by atoms with van der Waals surface area (Å²) < 4.78 is 5.39. The molecule has 0 radical (unpaired) electrons. The first kappa shape index (κ1) is 20.1. The number of anilines is 1. The van der Waals surface area contributed by atoms with Gasteiger partial charge in [0.2, 0.25) is 0 Å². The van der Waals surface area contributed by atoms with Crippen molar-refractivity contribution in [3.8, 4) is 5.75 Å². The minimum Gasteiger partial charge on any atom is -0.482 e. The van der Waals surface area contributed by atoms with Crippen molar-refractivity contribution in [1.82, 2.24) is 5.32 Å². The number of benzene rings is 2. The molecule has 0 fully saturated rings. The molecule has 2 amide bonds. The maximum Gasteiger partial charge on any atom is 0.262 e. The van der Waals surface area contributed by atoms with Gasteiger partial charge in [-0.15, -0.1) is 0 Å². The summed E-state index contributed by atoms with van der Waals surface area (Å²) in [4.78, 5) is 24.3. The number of carbonyl (C=O) groups excluding carboxylic acids is 2. The van der Waals surface area contributed by atoms with E-state index in [0.717, 1.165) is 0 Å². The van der Waals surface area contributed by atoms with Crippen LogP contribution in [0, 0.1) is 0 Å². The van der Waals surface area contributed by atoms with Gasteiger partial charge in [-0.05, 0) is 57.2 Å². The molecule has 0 bridgehead atoms. The highest BCUT2D eigenvalue weighted by atomic mass is 35.5. The van der Waals surface area contributed by atoms with Crippen LogP contribution in [-0.4, -0.2) is 24.0 Å². The molecule has 0 aromatic heterocycles. The van der Waals surface area contributed by atoms with Gasteiger partial charge in [-0.2, -0.15) is 0 Å². The van der Waals surface area contributed by atoms with Gasteiger partial charge in [0, 0.05) is 21.8 Å². The molecule has 0 atom stereocenters. The van der Waals surface area contributed by atoms with Crippen LogP contribution in [-0.2, 0) is 4.79 Å². The summed E-state index contributed by atoms with van der Waals surface area (Å²) in [6.07, 6.45) is 0. The van der Waals surface area contributed by atoms with Gasteiger partial charge in [0.1, 0.15) is 5.75 Å². The highest BCUT2D eigenvalue weighted by Gasteiger charge is 2.15. The van der Waals surface area contributed by atoms with E-state index in [1.807, 2.05) is 20.8 Å². The van der Waals surface area contributed by atoms with Gasteiger partial charge in [0.15, 0.2) is 6.61 Å². The Balaban J connectivity index is 1.96. The van der Waals surface area contributed by atoms with Crippen molar-refractivity contribution in [1.29, 1.82) is 0 Å². The lowest BCUT2D eigenvalue weighted by Gasteiger charge is -2.20. The minimum absolute atomic E-state index is 0.210. The van der Waals surface area contributed by atoms with Crippen molar-refractivity contribution >= 4 is 40.7 Å². The van der Waals surface area contributed by atoms with Crippen LogP contribution < -0.4 is 15.4 Å². The number of amides is 2. The number of hydrogen-bond donors (Lipinski definition) is 2. The van der Waals surface area contributed by atoms with Gasteiger partial charge in [0.05, 0.1) is 5.02 Å². The first-order valence-corrected chi connectivity index (χ1v) is 8.70. The molecule has 2 aromatic carbocycles. The van der Waals surface area contributed by atoms with Gasteiger partial charge in [0.25, 0.3) is 11.8 Å². The third-order valence-electron chi connectivity index (χ3n) is 3.15. The molecular weight excluding hydrogens is 375 g/mol. The summed E-state index contributed by atoms with van der Waals surface area (Å²) in [7, 11) is 0. The van der Waals surface area contributed by atoms with E-state index in [0.29, 0.717) is 27.0 Å². The standard InChI is InChI=1S/C19H20Cl2N2O3/c1-19(2,3)23-18(25)12-5-4-6-14(9-12)22-17(24)11-26-16-8-7-13(20)10-15(16)21/h4-10H,11H2,1-3H3,(H,22,24)(H,23,25). The fourth-order valence-electron chi connectivity index (χ4n) is 2.08. The quantitative estimate of drug-likeness (QED) is 0.781. The van der Waals surface area contributed by atoms with Gasteiger partial charge in [-0.1, -0.05) is 29.3 Å². The van der Waals surface area contributed by atoms with E-state index in [2.05, 4.69) is 10.6 Å². The molecule has 0 aliphatic carbocycles. The van der Waals surface area contributed by atoms with E-state index in [-0.39, 0.29) is 24.0 Å². The van der Waals surface area contributed by atoms with Crippen molar-refractivity contribution in [3.05, 3.63) is 58.1 Å². The summed E-state index contributed by atoms with van der Waals surface area (Å²) in [5.41, 5.74) is 0.615. The fraction of sp³-hybridized carbons (Fsp3) is 0.263. The van der Waals surface area contributed by atoms with Crippen molar-refractivity contribution in [2.24, 2.45) is 0 Å². The monoisotopic (exact) mass is 394 g/mol. The maximum atomic E-state index is 12.2. The van der Waals surface area contributed by atoms with Gasteiger partial charge < -0.3 is 15.4 Å². The molecule has 0 aliphatic rings. The first-order valence-electron chi connectivity index (χ1n) is 7.94. The summed E-state index contributed by atoms with van der Waals surface area (Å²) in [5, 5.41) is 6.37. The van der Waals surface area contributed by atoms with Crippen molar-refractivity contribution in [2.75, 3.05) is 11.9 Å². The van der Waals surface area contributed by atoms with Gasteiger partial charge in [-0.25, -0.2) is 0 Å². The molecule has 0 saturated heterocycles. The summed E-state index contributed by atoms with van der Waals surface area (Å²) in [6.45, 7) is 5.47. The van der Waals surface area contributed by atoms with Crippen LogP contribution in [0.25, 0.3) is 0 Å². The Morgan fingerprint density at radius 2 is 1.81 bits per heavy atom. The van der Waals surface area contributed by atoms with Crippen LogP contribution in [0.5, 0.6) is 5.75 Å². The van der Waals surface area contributed by atoms with E-state index in [4.69, 9.17) is 27.9 Å². The zero-order valence-electron chi connectivity index (χ0n) is 14.7. The highest BCUT2D eigenvalue weighted by Crippen LogP contribution is 2.27. The number of nitrogens with one attached hydrogen (secondary N) is 2. The number of carbonyl (C=O) groups is 2. The van der Waals surface area contributed by atoms with Crippen molar-refractivity contribution in [2.45, 2.75) is 26.3 Å². The molecule has 26 heavy (non-hydrogen) atoms. The Labute approximate surface area is 162 Å². The molecule has 5 nitrogen and oxygen atoms in total. The number of hydrogen-bond acceptors (Lipinski definition) is 3. The predicted octanol–water partition coefficient (Wildman–Crippen LogP) is 4.54. The van der Waals surface area contributed by atoms with E-state index in [9.17, 15) is 9.59 Å². The van der Waals surface area contributed by atoms with Crippen LogP contribution in [0.3, 0.4) is 0 Å². The molecule has 2 N–H and O–H groups in total. The van der Waals surface area contributed by atoms with E-state index in [1.165, 1.54) is 6.07 Å². The van der Waals surface area contributed by atoms with E-state index < -0.39 is 0 Å². The lowest BCUT2D eigenvalue weighted by atomic mass is 10.1. The Morgan fingerprint density at radius 3 is 2.46 bits per heavy atom. The summed E-state index contributed by atoms with van der Waals surface area (Å²) >= 11 is 11.8. The van der Waals surface area contributed by atoms with E-state index >= 15 is 0 Å². The fourth-order valence-corrected chi connectivity index (χ4v) is 2.55. The molecule has 0 aliphatic heterocycles. The summed E-state index contributed by atoms with van der Waals surface area (Å²) in [5.74, 6) is -0.216. The van der Waals surface area contributed by atoms with Crippen LogP contribution in [0.2, 0.25) is 10.0 Å². The average Bonchev–Trinajstić information content (AvgIpc) is 2.52. The van der Waals surface area contributed by atoms with Crippen LogP contribution in [0.4, 0.5) is 5.69 Å². The van der Waals surface area contributed by atoms with Crippen LogP contribution >= 0.6 is 23.2 Å². The molecule has 0 saturated carbocycles. The van der Waals surface area contributed by atoms with Crippen molar-refractivity contribution in [3.63, 3.8) is 0 Å². The highest BCUT2D eigenvalue weighted by molar-refractivity contribution is 6.35. The Kier molecular flexibility index (Phi) is 6.51. The van der Waals surface area contributed by atoms with Gasteiger partial charge >= 0.3 is 0 Å². The molecule has 0 spiro atoms. The second kappa shape index (κ2) is 8.43. The normalized spacial score (nSPS) is 11.0. The second-order valence-corrected chi connectivity index (χ2v) is 7.54. The van der Waals surface area contributed by atoms with Gasteiger partial charge in [-0.3, -0.25) is 9.59 Å².